The summed E-state index contributed by atoms with van der Waals surface area (Å²) in [6, 6.07) is 9.41. The molecule has 1 N–H and O–H groups in total. The number of ether oxygens (including phenoxy) is 4. The lowest BCUT2D eigenvalue weighted by Gasteiger charge is -2.13. The Balaban J connectivity index is 1.70. The number of esters is 1. The van der Waals surface area contributed by atoms with Gasteiger partial charge in [0.2, 0.25) is 5.91 Å². The molecule has 0 aromatic heterocycles. The number of hydrogen-bond acceptors (Lipinski definition) is 6. The van der Waals surface area contributed by atoms with Gasteiger partial charge in [-0.2, -0.15) is 0 Å². The van der Waals surface area contributed by atoms with Gasteiger partial charge in [-0.25, -0.2) is 0 Å². The van der Waals surface area contributed by atoms with E-state index >= 15 is 0 Å². The van der Waals surface area contributed by atoms with Crippen molar-refractivity contribution in [3.8, 4) is 28.4 Å². The molecule has 2 aromatic carbocycles. The molecule has 0 saturated carbocycles. The Morgan fingerprint density at radius 1 is 1.13 bits per heavy atom. The second kappa shape index (κ2) is 9.71. The molecular formula is C22H24ClNO6. The van der Waals surface area contributed by atoms with E-state index in [1.807, 2.05) is 30.3 Å². The summed E-state index contributed by atoms with van der Waals surface area (Å²) in [6.45, 7) is 0.322. The van der Waals surface area contributed by atoms with Crippen LogP contribution in [0.1, 0.15) is 18.4 Å². The zero-order chi connectivity index (χ0) is 21.7. The van der Waals surface area contributed by atoms with Gasteiger partial charge in [-0.15, -0.1) is 0 Å². The molecule has 0 saturated heterocycles. The van der Waals surface area contributed by atoms with Crippen molar-refractivity contribution in [3.05, 3.63) is 40.9 Å². The van der Waals surface area contributed by atoms with E-state index in [1.165, 1.54) is 7.11 Å². The monoisotopic (exact) mass is 433 g/mol. The van der Waals surface area contributed by atoms with Crippen LogP contribution in [-0.2, 0) is 20.7 Å². The summed E-state index contributed by atoms with van der Waals surface area (Å²) in [5, 5.41) is 3.28. The van der Waals surface area contributed by atoms with Crippen molar-refractivity contribution in [3.63, 3.8) is 0 Å². The van der Waals surface area contributed by atoms with E-state index in [0.29, 0.717) is 35.2 Å². The fourth-order valence-corrected chi connectivity index (χ4v) is 3.61. The molecule has 0 aliphatic carbocycles. The van der Waals surface area contributed by atoms with Gasteiger partial charge < -0.3 is 24.3 Å². The molecule has 0 spiro atoms. The van der Waals surface area contributed by atoms with Crippen molar-refractivity contribution in [2.24, 2.45) is 0 Å². The van der Waals surface area contributed by atoms with Gasteiger partial charge in [0, 0.05) is 24.0 Å². The van der Waals surface area contributed by atoms with Gasteiger partial charge in [-0.1, -0.05) is 11.6 Å². The molecule has 2 aromatic rings. The fourth-order valence-electron chi connectivity index (χ4n) is 3.33. The SMILES string of the molecule is COC(=O)CCC(=O)NC[C@H]1Cc2cc(-c3cc(OC)ccc3OC)cc(Cl)c2O1. The van der Waals surface area contributed by atoms with E-state index in [4.69, 9.17) is 25.8 Å². The number of halogens is 1. The Morgan fingerprint density at radius 2 is 1.93 bits per heavy atom. The predicted molar refractivity (Wildman–Crippen MR) is 112 cm³/mol. The third-order valence-corrected chi connectivity index (χ3v) is 5.16. The van der Waals surface area contributed by atoms with E-state index in [-0.39, 0.29) is 24.9 Å². The van der Waals surface area contributed by atoms with Crippen LogP contribution >= 0.6 is 11.6 Å². The maximum atomic E-state index is 11.9. The maximum Gasteiger partial charge on any atom is 0.306 e. The molecule has 0 fully saturated rings. The second-order valence-corrected chi connectivity index (χ2v) is 7.24. The average molecular weight is 434 g/mol. The van der Waals surface area contributed by atoms with E-state index < -0.39 is 5.97 Å². The van der Waals surface area contributed by atoms with Crippen LogP contribution in [0.4, 0.5) is 0 Å². The molecule has 7 nitrogen and oxygen atoms in total. The molecule has 1 aliphatic heterocycles. The number of fused-ring (bicyclic) bond motifs is 1. The van der Waals surface area contributed by atoms with Crippen molar-refractivity contribution >= 4 is 23.5 Å². The molecule has 1 heterocycles. The number of rotatable bonds is 8. The highest BCUT2D eigenvalue weighted by atomic mass is 35.5. The molecule has 1 amide bonds. The number of nitrogens with one attached hydrogen (secondary N) is 1. The van der Waals surface area contributed by atoms with Crippen LogP contribution in [0.3, 0.4) is 0 Å². The van der Waals surface area contributed by atoms with E-state index in [9.17, 15) is 9.59 Å². The normalized spacial score (nSPS) is 14.5. The second-order valence-electron chi connectivity index (χ2n) is 6.84. The molecule has 160 valence electrons. The van der Waals surface area contributed by atoms with Crippen LogP contribution in [0.2, 0.25) is 5.02 Å². The zero-order valence-electron chi connectivity index (χ0n) is 17.1. The zero-order valence-corrected chi connectivity index (χ0v) is 17.9. The number of methoxy groups -OCH3 is 3. The molecule has 1 atom stereocenters. The smallest absolute Gasteiger partial charge is 0.306 e. The van der Waals surface area contributed by atoms with Gasteiger partial charge in [0.05, 0.1) is 39.3 Å². The van der Waals surface area contributed by atoms with Crippen molar-refractivity contribution in [2.75, 3.05) is 27.9 Å². The molecule has 0 bridgehead atoms. The summed E-state index contributed by atoms with van der Waals surface area (Å²) in [5.41, 5.74) is 2.71. The van der Waals surface area contributed by atoms with Gasteiger partial charge >= 0.3 is 5.97 Å². The molecule has 8 heteroatoms. The Labute approximate surface area is 180 Å². The van der Waals surface area contributed by atoms with Crippen LogP contribution < -0.4 is 19.5 Å². The first-order valence-corrected chi connectivity index (χ1v) is 9.88. The summed E-state index contributed by atoms with van der Waals surface area (Å²) >= 11 is 6.49. The lowest BCUT2D eigenvalue weighted by atomic mass is 9.99. The van der Waals surface area contributed by atoms with Crippen molar-refractivity contribution < 1.29 is 28.5 Å². The number of benzene rings is 2. The van der Waals surface area contributed by atoms with E-state index in [1.54, 1.807) is 14.2 Å². The first kappa shape index (κ1) is 21.8. The standard InChI is InChI=1S/C22H24ClNO6/c1-27-15-4-5-19(28-2)17(11-15)13-8-14-9-16(30-22(14)18(23)10-13)12-24-20(25)6-7-21(26)29-3/h4-5,8,10-11,16H,6-7,9,12H2,1-3H3,(H,24,25)/t16-/m1/s1. The molecule has 3 rings (SSSR count). The number of carbonyl (C=O) groups is 2. The Morgan fingerprint density at radius 3 is 2.63 bits per heavy atom. The fraction of sp³-hybridized carbons (Fsp3) is 0.364. The topological polar surface area (TPSA) is 83.1 Å². The molecule has 0 unspecified atom stereocenters. The predicted octanol–water partition coefficient (Wildman–Crippen LogP) is 3.40. The van der Waals surface area contributed by atoms with Gasteiger partial charge in [0.15, 0.2) is 0 Å². The summed E-state index contributed by atoms with van der Waals surface area (Å²) in [6.07, 6.45) is 0.493. The van der Waals surface area contributed by atoms with Crippen LogP contribution in [0.25, 0.3) is 11.1 Å². The van der Waals surface area contributed by atoms with Gasteiger partial charge in [-0.3, -0.25) is 9.59 Å². The van der Waals surface area contributed by atoms with E-state index in [0.717, 1.165) is 16.7 Å². The average Bonchev–Trinajstić information content (AvgIpc) is 3.19. The summed E-state index contributed by atoms with van der Waals surface area (Å²) in [5.74, 6) is 1.40. The first-order chi connectivity index (χ1) is 14.4. The summed E-state index contributed by atoms with van der Waals surface area (Å²) < 4.78 is 21.3. The lowest BCUT2D eigenvalue weighted by molar-refractivity contribution is -0.142. The number of amides is 1. The third kappa shape index (κ3) is 4.97. The number of carbonyl (C=O) groups excluding carboxylic acids is 2. The van der Waals surface area contributed by atoms with Gasteiger partial charge in [0.25, 0.3) is 0 Å². The van der Waals surface area contributed by atoms with Crippen molar-refractivity contribution in [2.45, 2.75) is 25.4 Å². The van der Waals surface area contributed by atoms with Crippen LogP contribution in [0, 0.1) is 0 Å². The molecule has 0 radical (unpaired) electrons. The van der Waals surface area contributed by atoms with Crippen molar-refractivity contribution in [1.82, 2.24) is 5.32 Å². The largest absolute Gasteiger partial charge is 0.497 e. The maximum absolute atomic E-state index is 11.9. The Hall–Kier alpha value is -2.93. The third-order valence-electron chi connectivity index (χ3n) is 4.88. The van der Waals surface area contributed by atoms with Crippen LogP contribution in [-0.4, -0.2) is 45.9 Å². The molecule has 1 aliphatic rings. The lowest BCUT2D eigenvalue weighted by Crippen LogP contribution is -2.34. The Kier molecular flexibility index (Phi) is 7.05. The van der Waals surface area contributed by atoms with Crippen LogP contribution in [0.5, 0.6) is 17.2 Å². The first-order valence-electron chi connectivity index (χ1n) is 9.50. The molecular weight excluding hydrogens is 410 g/mol. The number of hydrogen-bond donors (Lipinski definition) is 1. The van der Waals surface area contributed by atoms with Gasteiger partial charge in [0.1, 0.15) is 23.4 Å². The molecule has 30 heavy (non-hydrogen) atoms. The van der Waals surface area contributed by atoms with Crippen LogP contribution in [0.15, 0.2) is 30.3 Å². The minimum absolute atomic E-state index is 0.0473. The summed E-state index contributed by atoms with van der Waals surface area (Å²) in [7, 11) is 4.52. The highest BCUT2D eigenvalue weighted by molar-refractivity contribution is 6.32. The minimum atomic E-state index is -0.415. The highest BCUT2D eigenvalue weighted by Crippen LogP contribution is 2.42. The van der Waals surface area contributed by atoms with E-state index in [2.05, 4.69) is 10.1 Å². The van der Waals surface area contributed by atoms with Crippen molar-refractivity contribution in [1.29, 1.82) is 0 Å². The van der Waals surface area contributed by atoms with Gasteiger partial charge in [-0.05, 0) is 35.9 Å². The quantitative estimate of drug-likeness (QED) is 0.642. The highest BCUT2D eigenvalue weighted by Gasteiger charge is 2.27. The minimum Gasteiger partial charge on any atom is -0.497 e. The Bertz CT molecular complexity index is 945. The summed E-state index contributed by atoms with van der Waals surface area (Å²) in [4.78, 5) is 23.0.